The van der Waals surface area contributed by atoms with Crippen LogP contribution in [0.4, 0.5) is 5.69 Å². The fourth-order valence-electron chi connectivity index (χ4n) is 3.38. The molecule has 1 heterocycles. The van der Waals surface area contributed by atoms with Crippen molar-refractivity contribution in [3.05, 3.63) is 40.6 Å². The van der Waals surface area contributed by atoms with Gasteiger partial charge in [0, 0.05) is 32.2 Å². The molecule has 0 N–H and O–H groups in total. The minimum atomic E-state index is 0.138. The zero-order chi connectivity index (χ0) is 13.1. The van der Waals surface area contributed by atoms with E-state index in [1.54, 1.807) is 6.07 Å². The van der Waals surface area contributed by atoms with Crippen LogP contribution < -0.4 is 10.3 Å². The predicted octanol–water partition coefficient (Wildman–Crippen LogP) is 2.11. The van der Waals surface area contributed by atoms with Gasteiger partial charge < -0.3 is 4.90 Å². The summed E-state index contributed by atoms with van der Waals surface area (Å²) in [5, 5.41) is 0. The Labute approximate surface area is 114 Å². The molecule has 3 nitrogen and oxygen atoms in total. The Morgan fingerprint density at radius 1 is 0.895 bits per heavy atom. The molecule has 1 saturated carbocycles. The average Bonchev–Trinajstić information content (AvgIpc) is 2.89. The molecule has 0 radical (unpaired) electrons. The van der Waals surface area contributed by atoms with Gasteiger partial charge in [0.05, 0.1) is 5.69 Å². The van der Waals surface area contributed by atoms with Crippen LogP contribution >= 0.6 is 0 Å². The highest BCUT2D eigenvalue weighted by molar-refractivity contribution is 5.45. The number of rotatable bonds is 2. The number of anilines is 1. The van der Waals surface area contributed by atoms with E-state index in [-0.39, 0.29) is 5.43 Å². The van der Waals surface area contributed by atoms with E-state index in [1.165, 1.54) is 25.7 Å². The lowest BCUT2D eigenvalue weighted by atomic mass is 10.1. The lowest BCUT2D eigenvalue weighted by molar-refractivity contribution is 0.187. The Balaban J connectivity index is 1.67. The van der Waals surface area contributed by atoms with Crippen LogP contribution in [-0.4, -0.2) is 37.1 Å². The van der Waals surface area contributed by atoms with Crippen LogP contribution in [0.2, 0.25) is 0 Å². The molecule has 0 spiro atoms. The van der Waals surface area contributed by atoms with Gasteiger partial charge in [-0.3, -0.25) is 9.69 Å². The summed E-state index contributed by atoms with van der Waals surface area (Å²) in [5.41, 5.74) is 0.996. The van der Waals surface area contributed by atoms with Gasteiger partial charge >= 0.3 is 0 Å². The Morgan fingerprint density at radius 3 is 2.32 bits per heavy atom. The number of nitrogens with zero attached hydrogens (tertiary/aromatic N) is 2. The summed E-state index contributed by atoms with van der Waals surface area (Å²) in [5.74, 6) is 0. The molecule has 3 heteroatoms. The van der Waals surface area contributed by atoms with Crippen molar-refractivity contribution in [2.24, 2.45) is 0 Å². The third-order valence-corrected chi connectivity index (χ3v) is 4.47. The molecule has 2 aliphatic rings. The van der Waals surface area contributed by atoms with Crippen LogP contribution in [-0.2, 0) is 0 Å². The monoisotopic (exact) mass is 258 g/mol. The molecule has 3 rings (SSSR count). The smallest absolute Gasteiger partial charge is 0.201 e. The van der Waals surface area contributed by atoms with Crippen molar-refractivity contribution in [2.75, 3.05) is 31.1 Å². The van der Waals surface area contributed by atoms with Crippen molar-refractivity contribution in [3.63, 3.8) is 0 Å². The lowest BCUT2D eigenvalue weighted by Crippen LogP contribution is -2.50. The van der Waals surface area contributed by atoms with E-state index in [2.05, 4.69) is 9.80 Å². The Hall–Kier alpha value is -1.35. The van der Waals surface area contributed by atoms with Gasteiger partial charge in [-0.15, -0.1) is 0 Å². The summed E-state index contributed by atoms with van der Waals surface area (Å²) in [4.78, 5) is 16.9. The highest BCUT2D eigenvalue weighted by Crippen LogP contribution is 2.24. The molecule has 0 unspecified atom stereocenters. The van der Waals surface area contributed by atoms with Crippen molar-refractivity contribution < 1.29 is 0 Å². The van der Waals surface area contributed by atoms with Crippen molar-refractivity contribution in [1.29, 1.82) is 0 Å². The first kappa shape index (κ1) is 12.7. The van der Waals surface area contributed by atoms with Crippen LogP contribution in [0.25, 0.3) is 0 Å². The maximum absolute atomic E-state index is 12.0. The van der Waals surface area contributed by atoms with Crippen LogP contribution in [0.3, 0.4) is 0 Å². The molecular formula is C16H22N2O. The van der Waals surface area contributed by atoms with Crippen LogP contribution in [0, 0.1) is 0 Å². The number of hydrogen-bond acceptors (Lipinski definition) is 3. The van der Waals surface area contributed by atoms with Gasteiger partial charge in [-0.2, -0.15) is 0 Å². The largest absolute Gasteiger partial charge is 0.366 e. The second kappa shape index (κ2) is 5.74. The highest BCUT2D eigenvalue weighted by atomic mass is 16.1. The summed E-state index contributed by atoms with van der Waals surface area (Å²) in [7, 11) is 0. The molecule has 1 aliphatic carbocycles. The third kappa shape index (κ3) is 2.81. The molecule has 0 amide bonds. The van der Waals surface area contributed by atoms with Crippen LogP contribution in [0.5, 0.6) is 0 Å². The van der Waals surface area contributed by atoms with E-state index in [4.69, 9.17) is 0 Å². The van der Waals surface area contributed by atoms with Crippen molar-refractivity contribution >= 4 is 5.69 Å². The van der Waals surface area contributed by atoms with E-state index in [0.29, 0.717) is 0 Å². The minimum Gasteiger partial charge on any atom is -0.366 e. The summed E-state index contributed by atoms with van der Waals surface area (Å²) in [6.07, 6.45) is 5.52. The number of hydrogen-bond donors (Lipinski definition) is 0. The molecule has 1 aromatic rings. The topological polar surface area (TPSA) is 23.6 Å². The van der Waals surface area contributed by atoms with Gasteiger partial charge in [-0.05, 0) is 25.0 Å². The second-order valence-corrected chi connectivity index (χ2v) is 5.62. The zero-order valence-electron chi connectivity index (χ0n) is 11.4. The van der Waals surface area contributed by atoms with Gasteiger partial charge in [-0.25, -0.2) is 0 Å². The summed E-state index contributed by atoms with van der Waals surface area (Å²) >= 11 is 0. The molecule has 2 fully saturated rings. The number of piperazine rings is 1. The van der Waals surface area contributed by atoms with Gasteiger partial charge in [0.1, 0.15) is 0 Å². The first-order valence-corrected chi connectivity index (χ1v) is 7.43. The lowest BCUT2D eigenvalue weighted by Gasteiger charge is -2.38. The highest BCUT2D eigenvalue weighted by Gasteiger charge is 2.26. The first-order valence-electron chi connectivity index (χ1n) is 7.43. The second-order valence-electron chi connectivity index (χ2n) is 5.62. The minimum absolute atomic E-state index is 0.138. The van der Waals surface area contributed by atoms with Crippen LogP contribution in [0.1, 0.15) is 25.7 Å². The zero-order valence-corrected chi connectivity index (χ0v) is 11.4. The SMILES string of the molecule is O=c1cccccc1N1CCN(C2CCCC2)CC1. The van der Waals surface area contributed by atoms with E-state index < -0.39 is 0 Å². The van der Waals surface area contributed by atoms with Gasteiger partial charge in [0.15, 0.2) is 0 Å². The molecule has 1 aromatic carbocycles. The Kier molecular flexibility index (Phi) is 3.83. The van der Waals surface area contributed by atoms with E-state index >= 15 is 0 Å². The summed E-state index contributed by atoms with van der Waals surface area (Å²) < 4.78 is 0. The fourth-order valence-corrected chi connectivity index (χ4v) is 3.38. The Bertz CT molecular complexity index is 474. The molecule has 0 atom stereocenters. The van der Waals surface area contributed by atoms with E-state index in [9.17, 15) is 4.79 Å². The molecule has 102 valence electrons. The summed E-state index contributed by atoms with van der Waals surface area (Å²) in [6, 6.07) is 10.1. The van der Waals surface area contributed by atoms with Gasteiger partial charge in [0.25, 0.3) is 0 Å². The standard InChI is InChI=1S/C16H22N2O/c19-16-9-3-1-2-8-15(16)18-12-10-17(11-13-18)14-6-4-5-7-14/h1-3,8-9,14H,4-7,10-13H2. The maximum Gasteiger partial charge on any atom is 0.201 e. The molecule has 0 aromatic heterocycles. The van der Waals surface area contributed by atoms with Gasteiger partial charge in [0.2, 0.25) is 5.43 Å². The molecule has 19 heavy (non-hydrogen) atoms. The molecule has 0 bridgehead atoms. The Morgan fingerprint density at radius 2 is 1.58 bits per heavy atom. The fraction of sp³-hybridized carbons (Fsp3) is 0.562. The first-order chi connectivity index (χ1) is 9.34. The van der Waals surface area contributed by atoms with Crippen molar-refractivity contribution in [1.82, 2.24) is 4.90 Å². The third-order valence-electron chi connectivity index (χ3n) is 4.47. The maximum atomic E-state index is 12.0. The van der Waals surface area contributed by atoms with E-state index in [0.717, 1.165) is 37.9 Å². The van der Waals surface area contributed by atoms with Crippen molar-refractivity contribution in [2.45, 2.75) is 31.7 Å². The van der Waals surface area contributed by atoms with Crippen LogP contribution in [0.15, 0.2) is 35.1 Å². The normalized spacial score (nSPS) is 21.8. The average molecular weight is 258 g/mol. The molecule has 1 saturated heterocycles. The quantitative estimate of drug-likeness (QED) is 0.812. The van der Waals surface area contributed by atoms with Gasteiger partial charge in [-0.1, -0.05) is 31.0 Å². The van der Waals surface area contributed by atoms with Crippen molar-refractivity contribution in [3.8, 4) is 0 Å². The summed E-state index contributed by atoms with van der Waals surface area (Å²) in [6.45, 7) is 4.16. The molecule has 1 aliphatic heterocycles. The predicted molar refractivity (Wildman–Crippen MR) is 78.8 cm³/mol. The van der Waals surface area contributed by atoms with E-state index in [1.807, 2.05) is 24.3 Å². The molecular weight excluding hydrogens is 236 g/mol.